The third-order valence-electron chi connectivity index (χ3n) is 3.08. The SMILES string of the molecule is C(#Cc1cnccn1)c1ccc(N2CCCC2)nc1. The molecule has 94 valence electrons. The average Bonchev–Trinajstić information content (AvgIpc) is 3.01. The highest BCUT2D eigenvalue weighted by atomic mass is 15.2. The van der Waals surface area contributed by atoms with Crippen LogP contribution >= 0.6 is 0 Å². The molecule has 0 saturated carbocycles. The summed E-state index contributed by atoms with van der Waals surface area (Å²) in [5, 5.41) is 0. The molecule has 0 bridgehead atoms. The highest BCUT2D eigenvalue weighted by Gasteiger charge is 2.12. The van der Waals surface area contributed by atoms with Crippen LogP contribution in [0.3, 0.4) is 0 Å². The Bertz CT molecular complexity index is 590. The molecule has 0 unspecified atom stereocenters. The summed E-state index contributed by atoms with van der Waals surface area (Å²) in [5.74, 6) is 7.06. The Balaban J connectivity index is 1.74. The van der Waals surface area contributed by atoms with Crippen molar-refractivity contribution in [3.8, 4) is 11.8 Å². The summed E-state index contributed by atoms with van der Waals surface area (Å²) in [6.45, 7) is 2.22. The predicted molar refractivity (Wildman–Crippen MR) is 73.7 cm³/mol. The largest absolute Gasteiger partial charge is 0.357 e. The average molecular weight is 250 g/mol. The first-order valence-electron chi connectivity index (χ1n) is 6.41. The lowest BCUT2D eigenvalue weighted by Gasteiger charge is -2.15. The van der Waals surface area contributed by atoms with Crippen molar-refractivity contribution in [2.24, 2.45) is 0 Å². The summed E-state index contributed by atoms with van der Waals surface area (Å²) < 4.78 is 0. The maximum atomic E-state index is 4.46. The van der Waals surface area contributed by atoms with Crippen LogP contribution in [0, 0.1) is 11.8 Å². The molecule has 0 atom stereocenters. The van der Waals surface area contributed by atoms with E-state index < -0.39 is 0 Å². The van der Waals surface area contributed by atoms with Crippen LogP contribution in [0.2, 0.25) is 0 Å². The summed E-state index contributed by atoms with van der Waals surface area (Å²) in [6, 6.07) is 4.04. The minimum Gasteiger partial charge on any atom is -0.357 e. The van der Waals surface area contributed by atoms with Crippen LogP contribution in [0.15, 0.2) is 36.9 Å². The molecule has 0 aromatic carbocycles. The van der Waals surface area contributed by atoms with E-state index in [1.807, 2.05) is 18.3 Å². The summed E-state index contributed by atoms with van der Waals surface area (Å²) in [7, 11) is 0. The fraction of sp³-hybridized carbons (Fsp3) is 0.267. The van der Waals surface area contributed by atoms with Gasteiger partial charge in [-0.05, 0) is 30.9 Å². The molecule has 4 nitrogen and oxygen atoms in total. The van der Waals surface area contributed by atoms with E-state index in [1.54, 1.807) is 18.6 Å². The van der Waals surface area contributed by atoms with Crippen molar-refractivity contribution >= 4 is 5.82 Å². The zero-order valence-corrected chi connectivity index (χ0v) is 10.6. The summed E-state index contributed by atoms with van der Waals surface area (Å²) >= 11 is 0. The van der Waals surface area contributed by atoms with Crippen molar-refractivity contribution < 1.29 is 0 Å². The van der Waals surface area contributed by atoms with E-state index in [0.29, 0.717) is 5.69 Å². The predicted octanol–water partition coefficient (Wildman–Crippen LogP) is 1.87. The zero-order chi connectivity index (χ0) is 12.9. The van der Waals surface area contributed by atoms with Gasteiger partial charge in [-0.2, -0.15) is 0 Å². The van der Waals surface area contributed by atoms with Crippen molar-refractivity contribution in [3.63, 3.8) is 0 Å². The molecule has 3 heterocycles. The Kier molecular flexibility index (Phi) is 3.37. The number of nitrogens with zero attached hydrogens (tertiary/aromatic N) is 4. The lowest BCUT2D eigenvalue weighted by Crippen LogP contribution is -2.18. The monoisotopic (exact) mass is 250 g/mol. The van der Waals surface area contributed by atoms with Gasteiger partial charge in [0, 0.05) is 37.2 Å². The smallest absolute Gasteiger partial charge is 0.131 e. The molecular formula is C15H14N4. The lowest BCUT2D eigenvalue weighted by atomic mass is 10.2. The van der Waals surface area contributed by atoms with E-state index in [1.165, 1.54) is 12.8 Å². The molecule has 0 N–H and O–H groups in total. The summed E-state index contributed by atoms with van der Waals surface area (Å²) in [5.41, 5.74) is 1.57. The molecule has 19 heavy (non-hydrogen) atoms. The topological polar surface area (TPSA) is 41.9 Å². The molecule has 0 aliphatic carbocycles. The summed E-state index contributed by atoms with van der Waals surface area (Å²) in [6.07, 6.45) is 9.26. The fourth-order valence-electron chi connectivity index (χ4n) is 2.09. The first-order chi connectivity index (χ1) is 9.42. The third-order valence-corrected chi connectivity index (χ3v) is 3.08. The van der Waals surface area contributed by atoms with Crippen LogP contribution < -0.4 is 4.90 Å². The van der Waals surface area contributed by atoms with E-state index in [0.717, 1.165) is 24.5 Å². The van der Waals surface area contributed by atoms with Gasteiger partial charge in [0.05, 0.1) is 6.20 Å². The van der Waals surface area contributed by atoms with Gasteiger partial charge in [0.2, 0.25) is 0 Å². The van der Waals surface area contributed by atoms with Gasteiger partial charge in [-0.25, -0.2) is 9.97 Å². The van der Waals surface area contributed by atoms with Crippen LogP contribution in [0.5, 0.6) is 0 Å². The molecule has 1 aliphatic rings. The standard InChI is InChI=1S/C15H14N4/c1-2-10-19(9-1)15-6-4-13(11-18-15)3-5-14-12-16-7-8-17-14/h4,6-8,11-12H,1-2,9-10H2. The number of pyridine rings is 1. The van der Waals surface area contributed by atoms with Crippen LogP contribution in [-0.4, -0.2) is 28.0 Å². The van der Waals surface area contributed by atoms with Gasteiger partial charge in [-0.1, -0.05) is 5.92 Å². The minimum atomic E-state index is 0.672. The molecule has 2 aromatic heterocycles. The van der Waals surface area contributed by atoms with Gasteiger partial charge in [0.1, 0.15) is 11.5 Å². The van der Waals surface area contributed by atoms with Crippen LogP contribution in [0.1, 0.15) is 24.1 Å². The molecule has 2 aromatic rings. The van der Waals surface area contributed by atoms with Gasteiger partial charge >= 0.3 is 0 Å². The Morgan fingerprint density at radius 1 is 0.947 bits per heavy atom. The molecule has 0 radical (unpaired) electrons. The Morgan fingerprint density at radius 2 is 1.84 bits per heavy atom. The minimum absolute atomic E-state index is 0.672. The molecule has 0 spiro atoms. The first-order valence-corrected chi connectivity index (χ1v) is 6.41. The number of anilines is 1. The van der Waals surface area contributed by atoms with Gasteiger partial charge in [0.15, 0.2) is 0 Å². The van der Waals surface area contributed by atoms with E-state index in [4.69, 9.17) is 0 Å². The molecule has 1 aliphatic heterocycles. The zero-order valence-electron chi connectivity index (χ0n) is 10.6. The summed E-state index contributed by atoms with van der Waals surface area (Å²) in [4.78, 5) is 14.9. The van der Waals surface area contributed by atoms with Crippen molar-refractivity contribution in [2.75, 3.05) is 18.0 Å². The van der Waals surface area contributed by atoms with Crippen molar-refractivity contribution in [1.82, 2.24) is 15.0 Å². The molecular weight excluding hydrogens is 236 g/mol. The van der Waals surface area contributed by atoms with Gasteiger partial charge in [0.25, 0.3) is 0 Å². The van der Waals surface area contributed by atoms with Crippen molar-refractivity contribution in [3.05, 3.63) is 48.2 Å². The van der Waals surface area contributed by atoms with Crippen molar-refractivity contribution in [2.45, 2.75) is 12.8 Å². The van der Waals surface area contributed by atoms with E-state index in [-0.39, 0.29) is 0 Å². The number of aromatic nitrogens is 3. The number of hydrogen-bond donors (Lipinski definition) is 0. The molecule has 1 saturated heterocycles. The van der Waals surface area contributed by atoms with Gasteiger partial charge < -0.3 is 4.90 Å². The Morgan fingerprint density at radius 3 is 2.53 bits per heavy atom. The second-order valence-corrected chi connectivity index (χ2v) is 4.44. The van der Waals surface area contributed by atoms with Gasteiger partial charge in [-0.15, -0.1) is 0 Å². The quantitative estimate of drug-likeness (QED) is 0.725. The van der Waals surface area contributed by atoms with Crippen LogP contribution in [-0.2, 0) is 0 Å². The van der Waals surface area contributed by atoms with Crippen LogP contribution in [0.4, 0.5) is 5.82 Å². The Hall–Kier alpha value is -2.41. The second kappa shape index (κ2) is 5.49. The fourth-order valence-corrected chi connectivity index (χ4v) is 2.09. The molecule has 4 heteroatoms. The maximum absolute atomic E-state index is 4.46. The number of rotatable bonds is 1. The normalized spacial score (nSPS) is 14.0. The second-order valence-electron chi connectivity index (χ2n) is 4.44. The highest BCUT2D eigenvalue weighted by Crippen LogP contribution is 2.17. The first kappa shape index (κ1) is 11.7. The van der Waals surface area contributed by atoms with Gasteiger partial charge in [-0.3, -0.25) is 4.98 Å². The molecule has 1 fully saturated rings. The van der Waals surface area contributed by atoms with Crippen LogP contribution in [0.25, 0.3) is 0 Å². The van der Waals surface area contributed by atoms with Crippen molar-refractivity contribution in [1.29, 1.82) is 0 Å². The number of hydrogen-bond acceptors (Lipinski definition) is 4. The van der Waals surface area contributed by atoms with E-state index in [9.17, 15) is 0 Å². The molecule has 0 amide bonds. The van der Waals surface area contributed by atoms with E-state index in [2.05, 4.69) is 31.7 Å². The Labute approximate surface area is 112 Å². The maximum Gasteiger partial charge on any atom is 0.131 e. The lowest BCUT2D eigenvalue weighted by molar-refractivity contribution is 0.937. The third kappa shape index (κ3) is 2.89. The highest BCUT2D eigenvalue weighted by molar-refractivity contribution is 5.45. The molecule has 3 rings (SSSR count). The van der Waals surface area contributed by atoms with E-state index >= 15 is 0 Å².